The van der Waals surface area contributed by atoms with Crippen molar-refractivity contribution in [2.45, 2.75) is 81.9 Å². The summed E-state index contributed by atoms with van der Waals surface area (Å²) in [6, 6.07) is 9.26. The Hall–Kier alpha value is -0.490. The van der Waals surface area contributed by atoms with Gasteiger partial charge in [0.1, 0.15) is 0 Å². The van der Waals surface area contributed by atoms with Crippen LogP contribution in [0.15, 0.2) is 24.3 Å². The van der Waals surface area contributed by atoms with Gasteiger partial charge in [0.2, 0.25) is 0 Å². The predicted molar refractivity (Wildman–Crippen MR) is 92.1 cm³/mol. The molecule has 0 bridgehead atoms. The highest BCUT2D eigenvalue weighted by Gasteiger charge is 2.18. The van der Waals surface area contributed by atoms with Crippen molar-refractivity contribution in [2.75, 3.05) is 0 Å². The molecule has 2 saturated carbocycles. The van der Waals surface area contributed by atoms with Gasteiger partial charge in [-0.15, -0.1) is 11.6 Å². The maximum absolute atomic E-state index is 6.62. The van der Waals surface area contributed by atoms with E-state index < -0.39 is 0 Å². The van der Waals surface area contributed by atoms with Crippen molar-refractivity contribution >= 4 is 11.6 Å². The topological polar surface area (TPSA) is 0 Å². The molecule has 2 fully saturated rings. The van der Waals surface area contributed by atoms with Crippen LogP contribution in [-0.2, 0) is 0 Å². The Kier molecular flexibility index (Phi) is 5.63. The van der Waals surface area contributed by atoms with Crippen LogP contribution < -0.4 is 0 Å². The Bertz CT molecular complexity index is 410. The molecule has 0 saturated heterocycles. The number of hydrogen-bond donors (Lipinski definition) is 0. The third-order valence-electron chi connectivity index (χ3n) is 5.68. The molecule has 0 heterocycles. The second kappa shape index (κ2) is 7.68. The minimum atomic E-state index is 0.214. The van der Waals surface area contributed by atoms with E-state index in [-0.39, 0.29) is 5.38 Å². The second-order valence-electron chi connectivity index (χ2n) is 7.20. The van der Waals surface area contributed by atoms with E-state index in [4.69, 9.17) is 11.6 Å². The molecule has 0 amide bonds. The standard InChI is InChI=1S/C20H29Cl/c21-20(15-10-16-6-4-5-7-16)19-13-11-18(12-14-19)17-8-2-1-3-9-17/h11-14,16-17,20H,1-10,15H2. The minimum Gasteiger partial charge on any atom is -0.118 e. The number of alkyl halides is 1. The molecule has 21 heavy (non-hydrogen) atoms. The molecule has 1 heteroatoms. The van der Waals surface area contributed by atoms with E-state index in [2.05, 4.69) is 24.3 Å². The molecule has 2 aliphatic carbocycles. The first kappa shape index (κ1) is 15.4. The van der Waals surface area contributed by atoms with Crippen LogP contribution in [0.3, 0.4) is 0 Å². The van der Waals surface area contributed by atoms with E-state index in [9.17, 15) is 0 Å². The van der Waals surface area contributed by atoms with Crippen LogP contribution in [0.4, 0.5) is 0 Å². The summed E-state index contributed by atoms with van der Waals surface area (Å²) in [6.07, 6.45) is 15.2. The van der Waals surface area contributed by atoms with E-state index in [1.54, 1.807) is 0 Å². The zero-order valence-corrected chi connectivity index (χ0v) is 14.0. The summed E-state index contributed by atoms with van der Waals surface area (Å²) < 4.78 is 0. The van der Waals surface area contributed by atoms with Gasteiger partial charge in [-0.3, -0.25) is 0 Å². The molecule has 0 aromatic heterocycles. The van der Waals surface area contributed by atoms with Crippen LogP contribution >= 0.6 is 11.6 Å². The van der Waals surface area contributed by atoms with Gasteiger partial charge in [-0.1, -0.05) is 69.2 Å². The Morgan fingerprint density at radius 2 is 1.48 bits per heavy atom. The summed E-state index contributed by atoms with van der Waals surface area (Å²) in [6.45, 7) is 0. The third-order valence-corrected chi connectivity index (χ3v) is 6.15. The van der Waals surface area contributed by atoms with Crippen molar-refractivity contribution < 1.29 is 0 Å². The summed E-state index contributed by atoms with van der Waals surface area (Å²) in [4.78, 5) is 0. The van der Waals surface area contributed by atoms with E-state index in [0.717, 1.165) is 18.3 Å². The van der Waals surface area contributed by atoms with E-state index in [1.165, 1.54) is 75.3 Å². The highest BCUT2D eigenvalue weighted by Crippen LogP contribution is 2.36. The first-order valence-electron chi connectivity index (χ1n) is 9.07. The SMILES string of the molecule is ClC(CCC1CCCC1)c1ccc(C2CCCCC2)cc1. The monoisotopic (exact) mass is 304 g/mol. The average molecular weight is 305 g/mol. The van der Waals surface area contributed by atoms with Gasteiger partial charge in [-0.2, -0.15) is 0 Å². The maximum atomic E-state index is 6.62. The van der Waals surface area contributed by atoms with Gasteiger partial charge in [0.25, 0.3) is 0 Å². The van der Waals surface area contributed by atoms with Gasteiger partial charge < -0.3 is 0 Å². The molecule has 1 unspecified atom stereocenters. The van der Waals surface area contributed by atoms with Gasteiger partial charge in [-0.25, -0.2) is 0 Å². The van der Waals surface area contributed by atoms with Crippen LogP contribution in [-0.4, -0.2) is 0 Å². The minimum absolute atomic E-state index is 0.214. The molecule has 2 aliphatic rings. The van der Waals surface area contributed by atoms with Crippen LogP contribution in [0.25, 0.3) is 0 Å². The summed E-state index contributed by atoms with van der Waals surface area (Å²) >= 11 is 6.62. The van der Waals surface area contributed by atoms with Gasteiger partial charge in [-0.05, 0) is 48.6 Å². The lowest BCUT2D eigenvalue weighted by Crippen LogP contribution is -2.04. The third kappa shape index (κ3) is 4.25. The second-order valence-corrected chi connectivity index (χ2v) is 7.72. The molecule has 116 valence electrons. The smallest absolute Gasteiger partial charge is 0.0585 e. The fourth-order valence-electron chi connectivity index (χ4n) is 4.26. The molecule has 0 nitrogen and oxygen atoms in total. The van der Waals surface area contributed by atoms with E-state index in [1.807, 2.05) is 0 Å². The number of hydrogen-bond acceptors (Lipinski definition) is 0. The van der Waals surface area contributed by atoms with Crippen LogP contribution in [0.1, 0.15) is 93.1 Å². The summed E-state index contributed by atoms with van der Waals surface area (Å²) in [7, 11) is 0. The maximum Gasteiger partial charge on any atom is 0.0585 e. The zero-order chi connectivity index (χ0) is 14.5. The Balaban J connectivity index is 1.52. The number of rotatable bonds is 5. The molecular formula is C20H29Cl. The lowest BCUT2D eigenvalue weighted by Gasteiger charge is -2.22. The largest absolute Gasteiger partial charge is 0.118 e. The Morgan fingerprint density at radius 3 is 2.14 bits per heavy atom. The number of benzene rings is 1. The van der Waals surface area contributed by atoms with Crippen molar-refractivity contribution in [3.8, 4) is 0 Å². The van der Waals surface area contributed by atoms with Gasteiger partial charge in [0.15, 0.2) is 0 Å². The van der Waals surface area contributed by atoms with Crippen LogP contribution in [0, 0.1) is 5.92 Å². The van der Waals surface area contributed by atoms with Crippen LogP contribution in [0.5, 0.6) is 0 Å². The molecule has 1 aromatic rings. The fourth-order valence-corrected chi connectivity index (χ4v) is 4.53. The normalized spacial score (nSPS) is 22.5. The van der Waals surface area contributed by atoms with E-state index in [0.29, 0.717) is 0 Å². The summed E-state index contributed by atoms with van der Waals surface area (Å²) in [5.41, 5.74) is 2.87. The molecule has 0 aliphatic heterocycles. The number of halogens is 1. The molecule has 0 spiro atoms. The first-order valence-corrected chi connectivity index (χ1v) is 9.50. The lowest BCUT2D eigenvalue weighted by atomic mass is 9.84. The van der Waals surface area contributed by atoms with Crippen molar-refractivity contribution in [1.29, 1.82) is 0 Å². The van der Waals surface area contributed by atoms with E-state index >= 15 is 0 Å². The molecule has 0 radical (unpaired) electrons. The zero-order valence-electron chi connectivity index (χ0n) is 13.2. The Labute approximate surface area is 135 Å². The molecule has 1 aromatic carbocycles. The van der Waals surface area contributed by atoms with Crippen molar-refractivity contribution in [1.82, 2.24) is 0 Å². The average Bonchev–Trinajstić information content (AvgIpc) is 3.07. The quantitative estimate of drug-likeness (QED) is 0.514. The van der Waals surface area contributed by atoms with Gasteiger partial charge >= 0.3 is 0 Å². The lowest BCUT2D eigenvalue weighted by molar-refractivity contribution is 0.443. The van der Waals surface area contributed by atoms with Crippen molar-refractivity contribution in [3.05, 3.63) is 35.4 Å². The van der Waals surface area contributed by atoms with Gasteiger partial charge in [0.05, 0.1) is 5.38 Å². The molecule has 3 rings (SSSR count). The molecule has 0 N–H and O–H groups in total. The summed E-state index contributed by atoms with van der Waals surface area (Å²) in [5.74, 6) is 1.76. The highest BCUT2D eigenvalue weighted by molar-refractivity contribution is 6.20. The molecular weight excluding hydrogens is 276 g/mol. The van der Waals surface area contributed by atoms with Crippen LogP contribution in [0.2, 0.25) is 0 Å². The van der Waals surface area contributed by atoms with Crippen molar-refractivity contribution in [2.24, 2.45) is 5.92 Å². The van der Waals surface area contributed by atoms with Crippen molar-refractivity contribution in [3.63, 3.8) is 0 Å². The first-order chi connectivity index (χ1) is 10.3. The Morgan fingerprint density at radius 1 is 0.857 bits per heavy atom. The predicted octanol–water partition coefficient (Wildman–Crippen LogP) is 6.98. The summed E-state index contributed by atoms with van der Waals surface area (Å²) in [5, 5.41) is 0.214. The fraction of sp³-hybridized carbons (Fsp3) is 0.700. The van der Waals surface area contributed by atoms with Gasteiger partial charge in [0, 0.05) is 0 Å². The highest BCUT2D eigenvalue weighted by atomic mass is 35.5. The molecule has 1 atom stereocenters.